The number of carbonyl (C=O) groups is 2. The molecule has 0 aromatic carbocycles. The van der Waals surface area contributed by atoms with Crippen LogP contribution in [0.25, 0.3) is 0 Å². The van der Waals surface area contributed by atoms with Crippen LogP contribution in [0.5, 0.6) is 0 Å². The fraction of sp³-hybridized carbons (Fsp3) is 0.545. The first kappa shape index (κ1) is 11.6. The van der Waals surface area contributed by atoms with Crippen LogP contribution in [0.3, 0.4) is 0 Å². The van der Waals surface area contributed by atoms with Crippen molar-refractivity contribution in [2.24, 2.45) is 7.05 Å². The summed E-state index contributed by atoms with van der Waals surface area (Å²) in [5.41, 5.74) is 0.502. The maximum Gasteiger partial charge on any atom is 0.305 e. The molecule has 1 aliphatic carbocycles. The van der Waals surface area contributed by atoms with Crippen LogP contribution in [0.15, 0.2) is 12.3 Å². The summed E-state index contributed by atoms with van der Waals surface area (Å²) in [6, 6.07) is 1.86. The number of carboxylic acids is 1. The van der Waals surface area contributed by atoms with Crippen LogP contribution < -0.4 is 0 Å². The molecule has 0 aliphatic heterocycles. The van der Waals surface area contributed by atoms with Crippen LogP contribution in [-0.2, 0) is 11.8 Å². The topological polar surface area (TPSA) is 75.4 Å². The molecule has 1 aliphatic rings. The molecule has 6 nitrogen and oxygen atoms in total. The fourth-order valence-corrected chi connectivity index (χ4v) is 1.78. The number of carboxylic acid groups (broad SMARTS) is 1. The average Bonchev–Trinajstić information content (AvgIpc) is 3.00. The number of nitrogens with zero attached hydrogens (tertiary/aromatic N) is 3. The highest BCUT2D eigenvalue weighted by Gasteiger charge is 2.33. The molecule has 0 bridgehead atoms. The van der Waals surface area contributed by atoms with Crippen LogP contribution in [-0.4, -0.2) is 44.3 Å². The molecule has 1 aromatic heterocycles. The molecular formula is C11H15N3O3. The van der Waals surface area contributed by atoms with Crippen LogP contribution in [0.4, 0.5) is 0 Å². The van der Waals surface area contributed by atoms with Gasteiger partial charge in [0, 0.05) is 25.8 Å². The summed E-state index contributed by atoms with van der Waals surface area (Å²) in [6.07, 6.45) is 3.47. The molecule has 2 rings (SSSR count). The minimum Gasteiger partial charge on any atom is -0.481 e. The number of aromatic nitrogens is 2. The van der Waals surface area contributed by atoms with Gasteiger partial charge in [0.25, 0.3) is 5.91 Å². The van der Waals surface area contributed by atoms with Crippen molar-refractivity contribution in [3.05, 3.63) is 18.0 Å². The summed E-state index contributed by atoms with van der Waals surface area (Å²) in [4.78, 5) is 24.4. The first-order valence-electron chi connectivity index (χ1n) is 5.60. The van der Waals surface area contributed by atoms with Gasteiger partial charge in [-0.1, -0.05) is 0 Å². The Balaban J connectivity index is 2.08. The van der Waals surface area contributed by atoms with Crippen molar-refractivity contribution in [1.82, 2.24) is 14.7 Å². The lowest BCUT2D eigenvalue weighted by Crippen LogP contribution is -2.36. The molecule has 1 N–H and O–H groups in total. The zero-order chi connectivity index (χ0) is 12.4. The quantitative estimate of drug-likeness (QED) is 0.809. The lowest BCUT2D eigenvalue weighted by Gasteiger charge is -2.21. The molecule has 0 saturated heterocycles. The van der Waals surface area contributed by atoms with Gasteiger partial charge in [0.1, 0.15) is 5.69 Å². The normalized spacial score (nSPS) is 14.6. The lowest BCUT2D eigenvalue weighted by molar-refractivity contribution is -0.137. The van der Waals surface area contributed by atoms with E-state index in [-0.39, 0.29) is 24.9 Å². The van der Waals surface area contributed by atoms with E-state index in [1.54, 1.807) is 24.2 Å². The van der Waals surface area contributed by atoms with E-state index in [9.17, 15) is 9.59 Å². The fourth-order valence-electron chi connectivity index (χ4n) is 1.78. The SMILES string of the molecule is Cn1nccc1C(=O)N(CCC(=O)O)C1CC1. The third kappa shape index (κ3) is 2.64. The minimum absolute atomic E-state index is 0.0138. The first-order valence-corrected chi connectivity index (χ1v) is 5.60. The van der Waals surface area contributed by atoms with Crippen molar-refractivity contribution in [1.29, 1.82) is 0 Å². The lowest BCUT2D eigenvalue weighted by atomic mass is 10.3. The summed E-state index contributed by atoms with van der Waals surface area (Å²) >= 11 is 0. The van der Waals surface area contributed by atoms with E-state index in [1.807, 2.05) is 0 Å². The van der Waals surface area contributed by atoms with Gasteiger partial charge < -0.3 is 10.0 Å². The van der Waals surface area contributed by atoms with E-state index in [1.165, 1.54) is 4.68 Å². The summed E-state index contributed by atoms with van der Waals surface area (Å²) in [5, 5.41) is 12.6. The third-order valence-electron chi connectivity index (χ3n) is 2.86. The predicted octanol–water partition coefficient (Wildman–Crippen LogP) is 0.499. The van der Waals surface area contributed by atoms with Crippen molar-refractivity contribution in [2.75, 3.05) is 6.54 Å². The molecule has 1 aromatic rings. The molecule has 0 spiro atoms. The maximum atomic E-state index is 12.2. The Morgan fingerprint density at radius 3 is 2.76 bits per heavy atom. The Hall–Kier alpha value is -1.85. The Morgan fingerprint density at radius 1 is 1.59 bits per heavy atom. The van der Waals surface area contributed by atoms with Gasteiger partial charge in [0.2, 0.25) is 0 Å². The van der Waals surface area contributed by atoms with Crippen LogP contribution >= 0.6 is 0 Å². The number of hydrogen-bond acceptors (Lipinski definition) is 3. The molecule has 1 saturated carbocycles. The number of carbonyl (C=O) groups excluding carboxylic acids is 1. The molecule has 1 heterocycles. The summed E-state index contributed by atoms with van der Waals surface area (Å²) in [5.74, 6) is -1.01. The second kappa shape index (κ2) is 4.57. The number of aryl methyl sites for hydroxylation is 1. The minimum atomic E-state index is -0.881. The highest BCUT2D eigenvalue weighted by atomic mass is 16.4. The van der Waals surface area contributed by atoms with Gasteiger partial charge in [0.05, 0.1) is 6.42 Å². The monoisotopic (exact) mass is 237 g/mol. The van der Waals surface area contributed by atoms with Gasteiger partial charge in [-0.25, -0.2) is 0 Å². The van der Waals surface area contributed by atoms with E-state index < -0.39 is 5.97 Å². The molecule has 0 radical (unpaired) electrons. The summed E-state index contributed by atoms with van der Waals surface area (Å²) in [6.45, 7) is 0.268. The van der Waals surface area contributed by atoms with E-state index >= 15 is 0 Å². The molecule has 1 amide bonds. The molecule has 0 unspecified atom stereocenters. The molecular weight excluding hydrogens is 222 g/mol. The number of amides is 1. The Morgan fingerprint density at radius 2 is 2.29 bits per heavy atom. The second-order valence-electron chi connectivity index (χ2n) is 4.21. The number of aliphatic carboxylic acids is 1. The van der Waals surface area contributed by atoms with Gasteiger partial charge in [-0.3, -0.25) is 14.3 Å². The van der Waals surface area contributed by atoms with Crippen molar-refractivity contribution in [3.63, 3.8) is 0 Å². The van der Waals surface area contributed by atoms with Gasteiger partial charge in [-0.05, 0) is 18.9 Å². The summed E-state index contributed by atoms with van der Waals surface area (Å²) < 4.78 is 1.51. The first-order chi connectivity index (χ1) is 8.09. The van der Waals surface area contributed by atoms with Gasteiger partial charge in [-0.2, -0.15) is 5.10 Å². The number of hydrogen-bond donors (Lipinski definition) is 1. The molecule has 17 heavy (non-hydrogen) atoms. The van der Waals surface area contributed by atoms with Crippen molar-refractivity contribution < 1.29 is 14.7 Å². The van der Waals surface area contributed by atoms with E-state index in [2.05, 4.69) is 5.10 Å². The Labute approximate surface area is 98.8 Å². The van der Waals surface area contributed by atoms with Crippen molar-refractivity contribution in [2.45, 2.75) is 25.3 Å². The van der Waals surface area contributed by atoms with E-state index in [0.717, 1.165) is 12.8 Å². The third-order valence-corrected chi connectivity index (χ3v) is 2.86. The van der Waals surface area contributed by atoms with Gasteiger partial charge >= 0.3 is 5.97 Å². The standard InChI is InChI=1S/C11H15N3O3/c1-13-9(4-6-12-13)11(17)14(8-2-3-8)7-5-10(15)16/h4,6,8H,2-3,5,7H2,1H3,(H,15,16). The van der Waals surface area contributed by atoms with Gasteiger partial charge in [-0.15, -0.1) is 0 Å². The van der Waals surface area contributed by atoms with Crippen molar-refractivity contribution in [3.8, 4) is 0 Å². The molecule has 1 fully saturated rings. The number of rotatable bonds is 5. The molecule has 0 atom stereocenters. The van der Waals surface area contributed by atoms with Crippen LogP contribution in [0.1, 0.15) is 29.8 Å². The van der Waals surface area contributed by atoms with Crippen LogP contribution in [0, 0.1) is 0 Å². The second-order valence-corrected chi connectivity index (χ2v) is 4.21. The zero-order valence-corrected chi connectivity index (χ0v) is 9.67. The van der Waals surface area contributed by atoms with Gasteiger partial charge in [0.15, 0.2) is 0 Å². The Bertz CT molecular complexity index is 437. The zero-order valence-electron chi connectivity index (χ0n) is 9.67. The van der Waals surface area contributed by atoms with E-state index in [0.29, 0.717) is 5.69 Å². The highest BCUT2D eigenvalue weighted by molar-refractivity contribution is 5.93. The molecule has 6 heteroatoms. The summed E-state index contributed by atoms with van der Waals surface area (Å²) in [7, 11) is 1.70. The predicted molar refractivity (Wildman–Crippen MR) is 59.5 cm³/mol. The molecule has 92 valence electrons. The smallest absolute Gasteiger partial charge is 0.305 e. The highest BCUT2D eigenvalue weighted by Crippen LogP contribution is 2.28. The van der Waals surface area contributed by atoms with Crippen LogP contribution in [0.2, 0.25) is 0 Å². The van der Waals surface area contributed by atoms with E-state index in [4.69, 9.17) is 5.11 Å². The van der Waals surface area contributed by atoms with Crippen molar-refractivity contribution >= 4 is 11.9 Å². The largest absolute Gasteiger partial charge is 0.481 e. The average molecular weight is 237 g/mol. The Kier molecular flexibility index (Phi) is 3.12. The maximum absolute atomic E-state index is 12.2.